The van der Waals surface area contributed by atoms with Crippen LogP contribution in [-0.2, 0) is 6.54 Å². The average molecular weight is 233 g/mol. The molecule has 0 unspecified atom stereocenters. The number of rotatable bonds is 4. The minimum atomic E-state index is 0.557. The summed E-state index contributed by atoms with van der Waals surface area (Å²) in [5.74, 6) is 2.39. The van der Waals surface area contributed by atoms with E-state index < -0.39 is 0 Å². The van der Waals surface area contributed by atoms with Gasteiger partial charge in [0.2, 0.25) is 0 Å². The maximum absolute atomic E-state index is 5.11. The van der Waals surface area contributed by atoms with Gasteiger partial charge in [0.05, 0.1) is 12.2 Å². The fourth-order valence-electron chi connectivity index (χ4n) is 1.55. The maximum Gasteiger partial charge on any atom is 0.156 e. The summed E-state index contributed by atoms with van der Waals surface area (Å²) < 4.78 is 5.11. The van der Waals surface area contributed by atoms with Crippen LogP contribution in [0.4, 0.5) is 11.6 Å². The van der Waals surface area contributed by atoms with Crippen molar-refractivity contribution in [2.45, 2.75) is 20.4 Å². The standard InChI is InChI=1S/C11H15N5O/c1-7-4-9(17-16-7)5-13-11-8(2)10(12-3)14-6-15-11/h4,6H,5H2,1-3H3,(H2,12,13,14,15). The smallest absolute Gasteiger partial charge is 0.156 e. The Kier molecular flexibility index (Phi) is 3.22. The predicted octanol–water partition coefficient (Wildman–Crippen LogP) is 1.74. The molecule has 2 aromatic heterocycles. The Morgan fingerprint density at radius 3 is 2.65 bits per heavy atom. The number of aromatic nitrogens is 3. The quantitative estimate of drug-likeness (QED) is 0.837. The second-order valence-corrected chi connectivity index (χ2v) is 3.73. The van der Waals surface area contributed by atoms with Gasteiger partial charge >= 0.3 is 0 Å². The first-order valence-corrected chi connectivity index (χ1v) is 5.36. The van der Waals surface area contributed by atoms with E-state index in [0.717, 1.165) is 28.7 Å². The molecule has 0 atom stereocenters. The molecule has 6 nitrogen and oxygen atoms in total. The molecule has 0 aliphatic carbocycles. The Bertz CT molecular complexity index is 508. The number of nitrogens with zero attached hydrogens (tertiary/aromatic N) is 3. The van der Waals surface area contributed by atoms with Gasteiger partial charge in [0.1, 0.15) is 18.0 Å². The van der Waals surface area contributed by atoms with Gasteiger partial charge in [0, 0.05) is 18.7 Å². The van der Waals surface area contributed by atoms with Crippen LogP contribution in [0, 0.1) is 13.8 Å². The second-order valence-electron chi connectivity index (χ2n) is 3.73. The van der Waals surface area contributed by atoms with Crippen molar-refractivity contribution in [1.82, 2.24) is 15.1 Å². The van der Waals surface area contributed by atoms with E-state index in [2.05, 4.69) is 25.8 Å². The van der Waals surface area contributed by atoms with Gasteiger partial charge in [-0.05, 0) is 13.8 Å². The van der Waals surface area contributed by atoms with Gasteiger partial charge in [-0.25, -0.2) is 9.97 Å². The highest BCUT2D eigenvalue weighted by Gasteiger charge is 2.06. The molecule has 0 amide bonds. The van der Waals surface area contributed by atoms with Gasteiger partial charge in [-0.1, -0.05) is 5.16 Å². The zero-order valence-corrected chi connectivity index (χ0v) is 10.1. The van der Waals surface area contributed by atoms with E-state index in [1.165, 1.54) is 6.33 Å². The van der Waals surface area contributed by atoms with Crippen molar-refractivity contribution in [3.63, 3.8) is 0 Å². The van der Waals surface area contributed by atoms with Gasteiger partial charge < -0.3 is 15.2 Å². The minimum absolute atomic E-state index is 0.557. The summed E-state index contributed by atoms with van der Waals surface area (Å²) in [4.78, 5) is 8.30. The van der Waals surface area contributed by atoms with Gasteiger partial charge in [0.15, 0.2) is 5.76 Å². The largest absolute Gasteiger partial charge is 0.373 e. The van der Waals surface area contributed by atoms with Crippen LogP contribution < -0.4 is 10.6 Å². The summed E-state index contributed by atoms with van der Waals surface area (Å²) in [7, 11) is 1.83. The van der Waals surface area contributed by atoms with E-state index in [1.807, 2.05) is 27.0 Å². The second kappa shape index (κ2) is 4.82. The lowest BCUT2D eigenvalue weighted by atomic mass is 10.3. The molecule has 0 saturated carbocycles. The van der Waals surface area contributed by atoms with Crippen molar-refractivity contribution in [2.75, 3.05) is 17.7 Å². The number of nitrogens with one attached hydrogen (secondary N) is 2. The molecule has 2 N–H and O–H groups in total. The third-order valence-electron chi connectivity index (χ3n) is 2.43. The first kappa shape index (κ1) is 11.4. The highest BCUT2D eigenvalue weighted by molar-refractivity contribution is 5.56. The van der Waals surface area contributed by atoms with Crippen LogP contribution in [0.2, 0.25) is 0 Å². The monoisotopic (exact) mass is 233 g/mol. The first-order chi connectivity index (χ1) is 8.20. The molecule has 0 aromatic carbocycles. The molecule has 90 valence electrons. The normalized spacial score (nSPS) is 10.3. The lowest BCUT2D eigenvalue weighted by Gasteiger charge is -2.09. The molecule has 2 rings (SSSR count). The van der Waals surface area contributed by atoms with E-state index >= 15 is 0 Å². The molecule has 0 aliphatic rings. The molecule has 0 aliphatic heterocycles. The summed E-state index contributed by atoms with van der Waals surface area (Å²) in [5.41, 5.74) is 1.85. The summed E-state index contributed by atoms with van der Waals surface area (Å²) in [6.45, 7) is 4.41. The molecule has 0 bridgehead atoms. The number of aryl methyl sites for hydroxylation is 1. The molecule has 0 spiro atoms. The van der Waals surface area contributed by atoms with Crippen LogP contribution in [0.1, 0.15) is 17.0 Å². The van der Waals surface area contributed by atoms with Crippen LogP contribution in [0.3, 0.4) is 0 Å². The van der Waals surface area contributed by atoms with Crippen molar-refractivity contribution in [3.05, 3.63) is 29.4 Å². The molecule has 6 heteroatoms. The van der Waals surface area contributed by atoms with E-state index in [0.29, 0.717) is 6.54 Å². The predicted molar refractivity (Wildman–Crippen MR) is 64.9 cm³/mol. The van der Waals surface area contributed by atoms with Crippen molar-refractivity contribution in [1.29, 1.82) is 0 Å². The SMILES string of the molecule is CNc1ncnc(NCc2cc(C)no2)c1C. The lowest BCUT2D eigenvalue weighted by Crippen LogP contribution is -2.05. The van der Waals surface area contributed by atoms with Crippen LogP contribution in [0.25, 0.3) is 0 Å². The topological polar surface area (TPSA) is 75.9 Å². The maximum atomic E-state index is 5.11. The van der Waals surface area contributed by atoms with E-state index in [4.69, 9.17) is 4.52 Å². The van der Waals surface area contributed by atoms with E-state index in [-0.39, 0.29) is 0 Å². The van der Waals surface area contributed by atoms with Crippen molar-refractivity contribution in [2.24, 2.45) is 0 Å². The molecule has 0 radical (unpaired) electrons. The van der Waals surface area contributed by atoms with Crippen LogP contribution in [0.15, 0.2) is 16.9 Å². The number of anilines is 2. The molecular weight excluding hydrogens is 218 g/mol. The van der Waals surface area contributed by atoms with E-state index in [9.17, 15) is 0 Å². The van der Waals surface area contributed by atoms with Gasteiger partial charge in [-0.2, -0.15) is 0 Å². The zero-order chi connectivity index (χ0) is 12.3. The van der Waals surface area contributed by atoms with Crippen molar-refractivity contribution in [3.8, 4) is 0 Å². The molecule has 2 aromatic rings. The Labute approximate surface area is 99.5 Å². The molecular formula is C11H15N5O. The molecule has 0 fully saturated rings. The van der Waals surface area contributed by atoms with Crippen LogP contribution in [0.5, 0.6) is 0 Å². The van der Waals surface area contributed by atoms with Crippen LogP contribution >= 0.6 is 0 Å². The molecule has 0 saturated heterocycles. The summed E-state index contributed by atoms with van der Waals surface area (Å²) in [5, 5.41) is 10.0. The van der Waals surface area contributed by atoms with Gasteiger partial charge in [0.25, 0.3) is 0 Å². The lowest BCUT2D eigenvalue weighted by molar-refractivity contribution is 0.384. The van der Waals surface area contributed by atoms with Gasteiger partial charge in [-0.3, -0.25) is 0 Å². The average Bonchev–Trinajstić information content (AvgIpc) is 2.74. The number of hydrogen-bond acceptors (Lipinski definition) is 6. The van der Waals surface area contributed by atoms with Crippen LogP contribution in [-0.4, -0.2) is 22.2 Å². The first-order valence-electron chi connectivity index (χ1n) is 5.36. The number of hydrogen-bond donors (Lipinski definition) is 2. The third kappa shape index (κ3) is 2.52. The fraction of sp³-hybridized carbons (Fsp3) is 0.364. The van der Waals surface area contributed by atoms with E-state index in [1.54, 1.807) is 0 Å². The third-order valence-corrected chi connectivity index (χ3v) is 2.43. The Morgan fingerprint density at radius 2 is 2.00 bits per heavy atom. The summed E-state index contributed by atoms with van der Waals surface area (Å²) >= 11 is 0. The fourth-order valence-corrected chi connectivity index (χ4v) is 1.55. The Balaban J connectivity index is 2.09. The van der Waals surface area contributed by atoms with Crippen molar-refractivity contribution < 1.29 is 4.52 Å². The zero-order valence-electron chi connectivity index (χ0n) is 10.1. The minimum Gasteiger partial charge on any atom is -0.373 e. The Morgan fingerprint density at radius 1 is 1.24 bits per heavy atom. The van der Waals surface area contributed by atoms with Crippen molar-refractivity contribution >= 4 is 11.6 Å². The molecule has 2 heterocycles. The summed E-state index contributed by atoms with van der Waals surface area (Å²) in [6, 6.07) is 1.89. The summed E-state index contributed by atoms with van der Waals surface area (Å²) in [6.07, 6.45) is 1.52. The Hall–Kier alpha value is -2.11. The van der Waals surface area contributed by atoms with Gasteiger partial charge in [-0.15, -0.1) is 0 Å². The highest BCUT2D eigenvalue weighted by atomic mass is 16.5. The molecule has 17 heavy (non-hydrogen) atoms. The highest BCUT2D eigenvalue weighted by Crippen LogP contribution is 2.18.